The van der Waals surface area contributed by atoms with E-state index in [0.717, 1.165) is 15.4 Å². The number of carbonyl (C=O) groups excluding carboxylic acids is 1. The normalized spacial score (nSPS) is 15.0. The minimum atomic E-state index is -4.00. The Labute approximate surface area is 212 Å². The molecule has 10 heteroatoms. The van der Waals surface area contributed by atoms with Crippen molar-refractivity contribution in [3.05, 3.63) is 90.0 Å². The summed E-state index contributed by atoms with van der Waals surface area (Å²) in [7, 11) is -7.67. The maximum atomic E-state index is 13.5. The van der Waals surface area contributed by atoms with E-state index in [1.807, 2.05) is 13.0 Å². The van der Waals surface area contributed by atoms with Crippen molar-refractivity contribution in [3.63, 3.8) is 0 Å². The lowest BCUT2D eigenvalue weighted by Crippen LogP contribution is -2.53. The zero-order valence-electron chi connectivity index (χ0n) is 20.2. The standard InChI is InChI=1S/C26H29N3O5S2/c1-21-12-14-24(15-13-21)35(31,32)28-18-16-27(17-19-28)26(30)20-29(25-11-7-6-8-22(25)2)36(33,34)23-9-4-3-5-10-23/h3-15H,16-20H2,1-2H3. The van der Waals surface area contributed by atoms with E-state index in [2.05, 4.69) is 0 Å². The molecule has 0 aliphatic carbocycles. The van der Waals surface area contributed by atoms with Gasteiger partial charge in [0.25, 0.3) is 10.0 Å². The third kappa shape index (κ3) is 5.30. The van der Waals surface area contributed by atoms with Crippen LogP contribution in [0.25, 0.3) is 0 Å². The zero-order chi connectivity index (χ0) is 25.9. The van der Waals surface area contributed by atoms with Crippen molar-refractivity contribution in [2.75, 3.05) is 37.0 Å². The van der Waals surface area contributed by atoms with E-state index in [1.54, 1.807) is 67.6 Å². The quantitative estimate of drug-likeness (QED) is 0.471. The predicted molar refractivity (Wildman–Crippen MR) is 139 cm³/mol. The van der Waals surface area contributed by atoms with Crippen LogP contribution in [0.5, 0.6) is 0 Å². The smallest absolute Gasteiger partial charge is 0.264 e. The van der Waals surface area contributed by atoms with Crippen LogP contribution in [0.3, 0.4) is 0 Å². The summed E-state index contributed by atoms with van der Waals surface area (Å²) in [5, 5.41) is 0. The summed E-state index contributed by atoms with van der Waals surface area (Å²) in [6.45, 7) is 3.93. The predicted octanol–water partition coefficient (Wildman–Crippen LogP) is 3.03. The van der Waals surface area contributed by atoms with Gasteiger partial charge in [0.15, 0.2) is 0 Å². The Bertz CT molecular complexity index is 1430. The number of aryl methyl sites for hydroxylation is 2. The van der Waals surface area contributed by atoms with Crippen molar-refractivity contribution in [1.82, 2.24) is 9.21 Å². The highest BCUT2D eigenvalue weighted by atomic mass is 32.2. The average molecular weight is 528 g/mol. The van der Waals surface area contributed by atoms with Gasteiger partial charge in [-0.3, -0.25) is 9.10 Å². The van der Waals surface area contributed by atoms with E-state index in [1.165, 1.54) is 21.3 Å². The number of anilines is 1. The molecule has 0 unspecified atom stereocenters. The first-order valence-electron chi connectivity index (χ1n) is 11.6. The molecule has 3 aromatic rings. The van der Waals surface area contributed by atoms with E-state index >= 15 is 0 Å². The van der Waals surface area contributed by atoms with Crippen molar-refractivity contribution in [3.8, 4) is 0 Å². The number of sulfonamides is 2. The van der Waals surface area contributed by atoms with Crippen molar-refractivity contribution in [2.45, 2.75) is 23.6 Å². The molecular weight excluding hydrogens is 498 g/mol. The lowest BCUT2D eigenvalue weighted by Gasteiger charge is -2.35. The van der Waals surface area contributed by atoms with E-state index < -0.39 is 20.0 Å². The second-order valence-corrected chi connectivity index (χ2v) is 12.5. The van der Waals surface area contributed by atoms with Crippen LogP contribution in [-0.2, 0) is 24.8 Å². The van der Waals surface area contributed by atoms with Gasteiger partial charge in [-0.1, -0.05) is 54.1 Å². The molecule has 0 aromatic heterocycles. The summed E-state index contributed by atoms with van der Waals surface area (Å²) in [4.78, 5) is 15.1. The number of nitrogens with zero attached hydrogens (tertiary/aromatic N) is 3. The molecule has 1 amide bonds. The Morgan fingerprint density at radius 1 is 0.750 bits per heavy atom. The molecule has 4 rings (SSSR count). The van der Waals surface area contributed by atoms with Gasteiger partial charge in [0.2, 0.25) is 15.9 Å². The number of hydrogen-bond donors (Lipinski definition) is 0. The number of carbonyl (C=O) groups is 1. The molecule has 0 spiro atoms. The molecule has 0 saturated carbocycles. The van der Waals surface area contributed by atoms with Gasteiger partial charge in [-0.15, -0.1) is 0 Å². The molecule has 0 bridgehead atoms. The summed E-state index contributed by atoms with van der Waals surface area (Å²) in [5.74, 6) is -0.384. The van der Waals surface area contributed by atoms with Crippen LogP contribution >= 0.6 is 0 Å². The van der Waals surface area contributed by atoms with Crippen LogP contribution in [0.1, 0.15) is 11.1 Å². The molecule has 0 radical (unpaired) electrons. The van der Waals surface area contributed by atoms with Crippen LogP contribution in [0, 0.1) is 13.8 Å². The van der Waals surface area contributed by atoms with E-state index in [4.69, 9.17) is 0 Å². The topological polar surface area (TPSA) is 95.1 Å². The number of benzene rings is 3. The maximum Gasteiger partial charge on any atom is 0.264 e. The number of amides is 1. The fourth-order valence-electron chi connectivity index (χ4n) is 4.12. The Morgan fingerprint density at radius 3 is 1.94 bits per heavy atom. The SMILES string of the molecule is Cc1ccc(S(=O)(=O)N2CCN(C(=O)CN(c3ccccc3C)S(=O)(=O)c3ccccc3)CC2)cc1. The molecule has 1 heterocycles. The third-order valence-corrected chi connectivity index (χ3v) is 9.93. The molecule has 1 saturated heterocycles. The highest BCUT2D eigenvalue weighted by Gasteiger charge is 2.33. The fourth-order valence-corrected chi connectivity index (χ4v) is 7.04. The van der Waals surface area contributed by atoms with E-state index in [0.29, 0.717) is 5.69 Å². The van der Waals surface area contributed by atoms with Gasteiger partial charge >= 0.3 is 0 Å². The monoisotopic (exact) mass is 527 g/mol. The zero-order valence-corrected chi connectivity index (χ0v) is 21.9. The Hall–Kier alpha value is -3.21. The summed E-state index contributed by atoms with van der Waals surface area (Å²) < 4.78 is 55.6. The number of piperazine rings is 1. The van der Waals surface area contributed by atoms with Gasteiger partial charge in [-0.25, -0.2) is 16.8 Å². The van der Waals surface area contributed by atoms with Gasteiger partial charge in [-0.2, -0.15) is 4.31 Å². The number of rotatable bonds is 7. The Kier molecular flexibility index (Phi) is 7.49. The minimum Gasteiger partial charge on any atom is -0.338 e. The Morgan fingerprint density at radius 2 is 1.33 bits per heavy atom. The van der Waals surface area contributed by atoms with Crippen LogP contribution in [0.15, 0.2) is 88.7 Å². The number of para-hydroxylation sites is 1. The summed E-state index contributed by atoms with van der Waals surface area (Å²) >= 11 is 0. The highest BCUT2D eigenvalue weighted by Crippen LogP contribution is 2.27. The molecule has 1 fully saturated rings. The van der Waals surface area contributed by atoms with Gasteiger partial charge < -0.3 is 4.90 Å². The van der Waals surface area contributed by atoms with E-state index in [-0.39, 0.29) is 48.4 Å². The van der Waals surface area contributed by atoms with Crippen LogP contribution in [0.4, 0.5) is 5.69 Å². The molecule has 3 aromatic carbocycles. The largest absolute Gasteiger partial charge is 0.338 e. The maximum absolute atomic E-state index is 13.5. The van der Waals surface area contributed by atoms with E-state index in [9.17, 15) is 21.6 Å². The van der Waals surface area contributed by atoms with Crippen LogP contribution in [-0.4, -0.2) is 64.7 Å². The molecule has 8 nitrogen and oxygen atoms in total. The lowest BCUT2D eigenvalue weighted by molar-refractivity contribution is -0.130. The fraction of sp³-hybridized carbons (Fsp3) is 0.269. The van der Waals surface area contributed by atoms with Gasteiger partial charge in [-0.05, 0) is 49.7 Å². The lowest BCUT2D eigenvalue weighted by atomic mass is 10.2. The Balaban J connectivity index is 1.52. The average Bonchev–Trinajstić information content (AvgIpc) is 2.88. The molecule has 190 valence electrons. The second kappa shape index (κ2) is 10.4. The number of hydrogen-bond acceptors (Lipinski definition) is 5. The molecule has 0 N–H and O–H groups in total. The molecule has 0 atom stereocenters. The van der Waals surface area contributed by atoms with Gasteiger partial charge in [0, 0.05) is 26.2 Å². The second-order valence-electron chi connectivity index (χ2n) is 8.71. The first-order chi connectivity index (χ1) is 17.1. The first kappa shape index (κ1) is 25.9. The van der Waals surface area contributed by atoms with Crippen LogP contribution in [0.2, 0.25) is 0 Å². The van der Waals surface area contributed by atoms with Gasteiger partial charge in [0.1, 0.15) is 6.54 Å². The molecular formula is C26H29N3O5S2. The third-order valence-electron chi connectivity index (χ3n) is 6.24. The first-order valence-corrected chi connectivity index (χ1v) is 14.5. The molecule has 1 aliphatic heterocycles. The van der Waals surface area contributed by atoms with Crippen molar-refractivity contribution >= 4 is 31.6 Å². The minimum absolute atomic E-state index is 0.0927. The summed E-state index contributed by atoms with van der Waals surface area (Å²) in [5.41, 5.74) is 2.11. The van der Waals surface area contributed by atoms with Crippen molar-refractivity contribution in [2.24, 2.45) is 0 Å². The van der Waals surface area contributed by atoms with Crippen molar-refractivity contribution in [1.29, 1.82) is 0 Å². The van der Waals surface area contributed by atoms with Crippen molar-refractivity contribution < 1.29 is 21.6 Å². The highest BCUT2D eigenvalue weighted by molar-refractivity contribution is 7.92. The van der Waals surface area contributed by atoms with Gasteiger partial charge in [0.05, 0.1) is 15.5 Å². The molecule has 1 aliphatic rings. The summed E-state index contributed by atoms with van der Waals surface area (Å²) in [6.07, 6.45) is 0. The molecule has 36 heavy (non-hydrogen) atoms. The van der Waals surface area contributed by atoms with Crippen LogP contribution < -0.4 is 4.31 Å². The summed E-state index contributed by atoms with van der Waals surface area (Å²) in [6, 6.07) is 21.7.